The highest BCUT2D eigenvalue weighted by Crippen LogP contribution is 2.31. The van der Waals surface area contributed by atoms with E-state index in [-0.39, 0.29) is 10.6 Å². The van der Waals surface area contributed by atoms with E-state index >= 15 is 0 Å². The molecule has 0 fully saturated rings. The van der Waals surface area contributed by atoms with Crippen LogP contribution < -0.4 is 0 Å². The third-order valence-electron chi connectivity index (χ3n) is 2.50. The maximum atomic E-state index is 13.3. The van der Waals surface area contributed by atoms with Gasteiger partial charge in [0.2, 0.25) is 0 Å². The van der Waals surface area contributed by atoms with Crippen molar-refractivity contribution in [2.45, 2.75) is 11.2 Å². The van der Waals surface area contributed by atoms with Gasteiger partial charge in [0, 0.05) is 21.7 Å². The number of alkyl halides is 1. The van der Waals surface area contributed by atoms with Gasteiger partial charge in [-0.1, -0.05) is 43.5 Å². The zero-order valence-corrected chi connectivity index (χ0v) is 13.1. The van der Waals surface area contributed by atoms with Crippen molar-refractivity contribution in [2.75, 3.05) is 0 Å². The summed E-state index contributed by atoms with van der Waals surface area (Å²) < 4.78 is 14.0. The van der Waals surface area contributed by atoms with E-state index in [2.05, 4.69) is 36.8 Å². The predicted molar refractivity (Wildman–Crippen MR) is 78.7 cm³/mol. The maximum Gasteiger partial charge on any atom is 0.124 e. The van der Waals surface area contributed by atoms with E-state index in [0.29, 0.717) is 11.4 Å². The van der Waals surface area contributed by atoms with Gasteiger partial charge in [0.25, 0.3) is 0 Å². The topological polar surface area (TPSA) is 12.9 Å². The number of hydrogen-bond donors (Lipinski definition) is 0. The van der Waals surface area contributed by atoms with Crippen LogP contribution in [0.15, 0.2) is 41.1 Å². The third kappa shape index (κ3) is 3.53. The Bertz CT molecular complexity index is 542. The van der Waals surface area contributed by atoms with Crippen LogP contribution in [0.1, 0.15) is 16.0 Å². The smallest absolute Gasteiger partial charge is 0.124 e. The number of aromatic nitrogens is 1. The van der Waals surface area contributed by atoms with Crippen molar-refractivity contribution in [3.05, 3.63) is 63.1 Å². The molecule has 18 heavy (non-hydrogen) atoms. The van der Waals surface area contributed by atoms with Crippen LogP contribution in [0.4, 0.5) is 4.39 Å². The molecule has 94 valence electrons. The van der Waals surface area contributed by atoms with E-state index in [0.717, 1.165) is 15.6 Å². The lowest BCUT2D eigenvalue weighted by molar-refractivity contribution is 0.624. The normalized spacial score (nSPS) is 12.4. The fraction of sp³-hybridized carbons (Fsp3) is 0.154. The highest BCUT2D eigenvalue weighted by Gasteiger charge is 2.12. The summed E-state index contributed by atoms with van der Waals surface area (Å²) >= 11 is 12.9. The first kappa shape index (κ1) is 14.0. The first-order chi connectivity index (χ1) is 8.56. The van der Waals surface area contributed by atoms with Crippen LogP contribution in [0.3, 0.4) is 0 Å². The molecule has 0 amide bonds. The minimum atomic E-state index is -0.260. The molecular weight excluding hydrogens is 384 g/mol. The van der Waals surface area contributed by atoms with E-state index in [9.17, 15) is 4.39 Å². The molecule has 5 heteroatoms. The van der Waals surface area contributed by atoms with Gasteiger partial charge in [-0.25, -0.2) is 4.39 Å². The van der Waals surface area contributed by atoms with Crippen LogP contribution in [0.25, 0.3) is 0 Å². The van der Waals surface area contributed by atoms with Crippen LogP contribution >= 0.6 is 43.5 Å². The average Bonchev–Trinajstić information content (AvgIpc) is 2.31. The molecule has 0 N–H and O–H groups in total. The van der Waals surface area contributed by atoms with E-state index in [1.54, 1.807) is 12.4 Å². The van der Waals surface area contributed by atoms with Crippen molar-refractivity contribution in [2.24, 2.45) is 0 Å². The van der Waals surface area contributed by atoms with Crippen molar-refractivity contribution in [1.82, 2.24) is 4.98 Å². The van der Waals surface area contributed by atoms with Gasteiger partial charge >= 0.3 is 0 Å². The van der Waals surface area contributed by atoms with Crippen molar-refractivity contribution in [3.63, 3.8) is 0 Å². The quantitative estimate of drug-likeness (QED) is 0.644. The van der Waals surface area contributed by atoms with E-state index < -0.39 is 0 Å². The van der Waals surface area contributed by atoms with Crippen LogP contribution in [-0.4, -0.2) is 4.98 Å². The Balaban J connectivity index is 2.22. The Kier molecular flexibility index (Phi) is 4.76. The molecule has 0 saturated carbocycles. The number of rotatable bonds is 3. The molecular formula is C13H9Br2ClFN. The van der Waals surface area contributed by atoms with Crippen LogP contribution in [0, 0.1) is 5.82 Å². The van der Waals surface area contributed by atoms with Gasteiger partial charge < -0.3 is 0 Å². The Hall–Kier alpha value is -0.450. The summed E-state index contributed by atoms with van der Waals surface area (Å²) in [6, 6.07) is 6.70. The van der Waals surface area contributed by atoms with Crippen LogP contribution in [0.2, 0.25) is 5.02 Å². The Morgan fingerprint density at radius 3 is 2.78 bits per heavy atom. The fourth-order valence-corrected chi connectivity index (χ4v) is 2.93. The Morgan fingerprint density at radius 1 is 1.33 bits per heavy atom. The van der Waals surface area contributed by atoms with Gasteiger partial charge in [0.15, 0.2) is 0 Å². The SMILES string of the molecule is Fc1cc(Br)cc(C(Br)Cc2ccncc2Cl)c1. The first-order valence-electron chi connectivity index (χ1n) is 5.24. The number of hydrogen-bond acceptors (Lipinski definition) is 1. The minimum absolute atomic E-state index is 0.00407. The summed E-state index contributed by atoms with van der Waals surface area (Å²) in [6.07, 6.45) is 3.98. The molecule has 1 aromatic heterocycles. The zero-order chi connectivity index (χ0) is 13.1. The second kappa shape index (κ2) is 6.13. The molecule has 0 radical (unpaired) electrons. The van der Waals surface area contributed by atoms with Crippen molar-refractivity contribution in [3.8, 4) is 0 Å². The number of pyridine rings is 1. The van der Waals surface area contributed by atoms with E-state index in [4.69, 9.17) is 11.6 Å². The molecule has 1 aromatic carbocycles. The van der Waals surface area contributed by atoms with Gasteiger partial charge in [0.1, 0.15) is 5.82 Å². The molecule has 0 aliphatic heterocycles. The lowest BCUT2D eigenvalue weighted by Crippen LogP contribution is -1.97. The minimum Gasteiger partial charge on any atom is -0.263 e. The molecule has 0 aliphatic carbocycles. The Morgan fingerprint density at radius 2 is 2.11 bits per heavy atom. The number of halogens is 4. The molecule has 0 spiro atoms. The highest BCUT2D eigenvalue weighted by atomic mass is 79.9. The van der Waals surface area contributed by atoms with Crippen molar-refractivity contribution >= 4 is 43.5 Å². The van der Waals surface area contributed by atoms with Gasteiger partial charge in [-0.3, -0.25) is 4.98 Å². The zero-order valence-electron chi connectivity index (χ0n) is 9.21. The summed E-state index contributed by atoms with van der Waals surface area (Å²) in [5.74, 6) is -0.260. The summed E-state index contributed by atoms with van der Waals surface area (Å²) in [7, 11) is 0. The Labute approximate surface area is 127 Å². The van der Waals surface area contributed by atoms with Gasteiger partial charge in [-0.05, 0) is 41.8 Å². The lowest BCUT2D eigenvalue weighted by Gasteiger charge is -2.12. The van der Waals surface area contributed by atoms with E-state index in [1.807, 2.05) is 12.1 Å². The van der Waals surface area contributed by atoms with E-state index in [1.165, 1.54) is 12.1 Å². The summed E-state index contributed by atoms with van der Waals surface area (Å²) in [4.78, 5) is 3.94. The molecule has 1 heterocycles. The monoisotopic (exact) mass is 391 g/mol. The third-order valence-corrected chi connectivity index (χ3v) is 4.15. The predicted octanol–water partition coefficient (Wildman–Crippen LogP) is 5.32. The standard InChI is InChI=1S/C13H9Br2ClFN/c14-10-3-9(4-11(17)6-10)12(15)5-8-1-2-18-7-13(8)16/h1-4,6-7,12H,5H2. The molecule has 2 aromatic rings. The molecule has 0 aliphatic rings. The molecule has 0 bridgehead atoms. The highest BCUT2D eigenvalue weighted by molar-refractivity contribution is 9.10. The second-order valence-corrected chi connectivity index (χ2v) is 6.27. The summed E-state index contributed by atoms with van der Waals surface area (Å²) in [6.45, 7) is 0. The number of nitrogens with zero attached hydrogens (tertiary/aromatic N) is 1. The van der Waals surface area contributed by atoms with Crippen LogP contribution in [-0.2, 0) is 6.42 Å². The average molecular weight is 393 g/mol. The first-order valence-corrected chi connectivity index (χ1v) is 7.33. The lowest BCUT2D eigenvalue weighted by atomic mass is 10.1. The van der Waals surface area contributed by atoms with Crippen molar-refractivity contribution in [1.29, 1.82) is 0 Å². The molecule has 0 saturated heterocycles. The maximum absolute atomic E-state index is 13.3. The van der Waals surface area contributed by atoms with Crippen molar-refractivity contribution < 1.29 is 4.39 Å². The molecule has 1 atom stereocenters. The summed E-state index contributed by atoms with van der Waals surface area (Å²) in [5, 5.41) is 0.623. The molecule has 2 rings (SSSR count). The van der Waals surface area contributed by atoms with Gasteiger partial charge in [0.05, 0.1) is 5.02 Å². The molecule has 1 unspecified atom stereocenters. The largest absolute Gasteiger partial charge is 0.263 e. The second-order valence-electron chi connectivity index (χ2n) is 3.84. The fourth-order valence-electron chi connectivity index (χ4n) is 1.64. The summed E-state index contributed by atoms with van der Waals surface area (Å²) in [5.41, 5.74) is 1.85. The van der Waals surface area contributed by atoms with Gasteiger partial charge in [-0.2, -0.15) is 0 Å². The van der Waals surface area contributed by atoms with Crippen LogP contribution in [0.5, 0.6) is 0 Å². The van der Waals surface area contributed by atoms with Gasteiger partial charge in [-0.15, -0.1) is 0 Å². The number of benzene rings is 1. The molecule has 1 nitrogen and oxygen atoms in total.